The van der Waals surface area contributed by atoms with Crippen molar-refractivity contribution in [3.8, 4) is 56.4 Å². The molecule has 3 heterocycles. The molecule has 4 heteroatoms. The van der Waals surface area contributed by atoms with Crippen LogP contribution in [0.5, 0.6) is 0 Å². The maximum atomic E-state index is 5.29. The predicted molar refractivity (Wildman–Crippen MR) is 232 cm³/mol. The van der Waals surface area contributed by atoms with Gasteiger partial charge in [0.2, 0.25) is 0 Å². The number of fused-ring (bicyclic) bond motifs is 7. The van der Waals surface area contributed by atoms with Gasteiger partial charge >= 0.3 is 0 Å². The van der Waals surface area contributed by atoms with Crippen LogP contribution in [0.4, 0.5) is 0 Å². The van der Waals surface area contributed by atoms with E-state index in [2.05, 4.69) is 203 Å². The van der Waals surface area contributed by atoms with Crippen LogP contribution in [0, 0.1) is 0 Å². The Hall–Kier alpha value is -7.56. The van der Waals surface area contributed by atoms with Gasteiger partial charge in [-0.15, -0.1) is 0 Å². The van der Waals surface area contributed by atoms with E-state index >= 15 is 0 Å². The summed E-state index contributed by atoms with van der Waals surface area (Å²) in [5.74, 6) is 0.690. The Balaban J connectivity index is 1.16. The zero-order chi connectivity index (χ0) is 37.0. The van der Waals surface area contributed by atoms with Crippen molar-refractivity contribution in [3.63, 3.8) is 0 Å². The van der Waals surface area contributed by atoms with Crippen molar-refractivity contribution < 1.29 is 0 Å². The highest BCUT2D eigenvalue weighted by atomic mass is 15.0. The first-order chi connectivity index (χ1) is 27.8. The van der Waals surface area contributed by atoms with Crippen molar-refractivity contribution in [1.82, 2.24) is 19.1 Å². The fraction of sp³-hybridized carbons (Fsp3) is 0. The Morgan fingerprint density at radius 1 is 0.286 bits per heavy atom. The fourth-order valence-corrected chi connectivity index (χ4v) is 8.37. The number of hydrogen-bond acceptors (Lipinski definition) is 2. The van der Waals surface area contributed by atoms with Gasteiger partial charge in [0.1, 0.15) is 0 Å². The minimum atomic E-state index is 0.690. The van der Waals surface area contributed by atoms with Gasteiger partial charge in [-0.05, 0) is 59.7 Å². The van der Waals surface area contributed by atoms with Crippen molar-refractivity contribution in [2.24, 2.45) is 0 Å². The van der Waals surface area contributed by atoms with Gasteiger partial charge in [-0.2, -0.15) is 0 Å². The van der Waals surface area contributed by atoms with Crippen molar-refractivity contribution in [2.45, 2.75) is 0 Å². The van der Waals surface area contributed by atoms with Gasteiger partial charge in [0, 0.05) is 49.6 Å². The lowest BCUT2D eigenvalue weighted by Gasteiger charge is -2.14. The minimum Gasteiger partial charge on any atom is -0.307 e. The van der Waals surface area contributed by atoms with Crippen molar-refractivity contribution in [2.75, 3.05) is 0 Å². The Kier molecular flexibility index (Phi) is 7.46. The normalized spacial score (nSPS) is 11.6. The third kappa shape index (κ3) is 5.23. The van der Waals surface area contributed by atoms with Crippen LogP contribution >= 0.6 is 0 Å². The van der Waals surface area contributed by atoms with Gasteiger partial charge < -0.3 is 9.13 Å². The molecule has 0 amide bonds. The van der Waals surface area contributed by atoms with Gasteiger partial charge in [-0.25, -0.2) is 9.97 Å². The predicted octanol–water partition coefficient (Wildman–Crippen LogP) is 13.3. The number of benzene rings is 8. The lowest BCUT2D eigenvalue weighted by molar-refractivity contribution is 1.15. The molecule has 56 heavy (non-hydrogen) atoms. The Morgan fingerprint density at radius 2 is 0.750 bits per heavy atom. The third-order valence-corrected chi connectivity index (χ3v) is 10.9. The second-order valence-electron chi connectivity index (χ2n) is 14.2. The van der Waals surface area contributed by atoms with Crippen molar-refractivity contribution in [3.05, 3.63) is 206 Å². The van der Waals surface area contributed by atoms with E-state index in [1.54, 1.807) is 0 Å². The number of hydrogen-bond donors (Lipinski definition) is 0. The van der Waals surface area contributed by atoms with Gasteiger partial charge in [0.05, 0.1) is 33.5 Å². The van der Waals surface area contributed by atoms with Crippen LogP contribution in [-0.2, 0) is 0 Å². The first-order valence-electron chi connectivity index (χ1n) is 19.0. The van der Waals surface area contributed by atoms with E-state index < -0.39 is 0 Å². The van der Waals surface area contributed by atoms with Crippen LogP contribution in [0.2, 0.25) is 0 Å². The van der Waals surface area contributed by atoms with E-state index in [0.29, 0.717) is 5.82 Å². The van der Waals surface area contributed by atoms with Crippen LogP contribution in [0.25, 0.3) is 100 Å². The second-order valence-corrected chi connectivity index (χ2v) is 14.2. The molecule has 0 saturated heterocycles. The summed E-state index contributed by atoms with van der Waals surface area (Å²) >= 11 is 0. The molecule has 11 aromatic rings. The molecule has 0 fully saturated rings. The van der Waals surface area contributed by atoms with E-state index in [4.69, 9.17) is 9.97 Å². The molecule has 11 rings (SSSR count). The summed E-state index contributed by atoms with van der Waals surface area (Å²) in [4.78, 5) is 10.5. The molecular weight excluding hydrogens is 681 g/mol. The fourth-order valence-electron chi connectivity index (χ4n) is 8.37. The molecular formula is C52H34N4. The van der Waals surface area contributed by atoms with E-state index in [9.17, 15) is 0 Å². The molecule has 0 N–H and O–H groups in total. The summed E-state index contributed by atoms with van der Waals surface area (Å²) in [5.41, 5.74) is 14.0. The Bertz CT molecular complexity index is 3230. The number of para-hydroxylation sites is 3. The molecule has 0 aliphatic heterocycles. The molecule has 0 aliphatic carbocycles. The van der Waals surface area contributed by atoms with Crippen LogP contribution in [0.15, 0.2) is 206 Å². The molecule has 3 aromatic heterocycles. The highest BCUT2D eigenvalue weighted by Gasteiger charge is 2.21. The van der Waals surface area contributed by atoms with Gasteiger partial charge in [0.15, 0.2) is 5.82 Å². The molecule has 0 unspecified atom stereocenters. The third-order valence-electron chi connectivity index (χ3n) is 10.9. The van der Waals surface area contributed by atoms with Gasteiger partial charge in [0.25, 0.3) is 0 Å². The summed E-state index contributed by atoms with van der Waals surface area (Å²) in [6.07, 6.45) is 0. The van der Waals surface area contributed by atoms with Crippen LogP contribution in [0.1, 0.15) is 0 Å². The monoisotopic (exact) mass is 714 g/mol. The smallest absolute Gasteiger partial charge is 0.160 e. The van der Waals surface area contributed by atoms with Crippen molar-refractivity contribution in [1.29, 1.82) is 0 Å². The number of aromatic nitrogens is 4. The lowest BCUT2D eigenvalue weighted by Crippen LogP contribution is -1.99. The second kappa shape index (κ2) is 13.1. The molecule has 0 aliphatic rings. The first-order valence-corrected chi connectivity index (χ1v) is 19.0. The standard InChI is InChI=1S/C52H34N4/c1-4-16-35(17-5-1)37-20-14-22-39(32-37)52-53-46(36-18-6-2-7-19-36)34-47(54-52)38-21-15-25-41(33-38)56-49-29-13-11-27-43(49)45-31-30-44-42-26-10-12-28-48(42)55(50(44)51(45)56)40-23-8-3-9-24-40/h1-34H. The van der Waals surface area contributed by atoms with Gasteiger partial charge in [-0.3, -0.25) is 0 Å². The maximum absolute atomic E-state index is 5.29. The van der Waals surface area contributed by atoms with E-state index in [0.717, 1.165) is 56.1 Å². The maximum Gasteiger partial charge on any atom is 0.160 e. The van der Waals surface area contributed by atoms with Crippen LogP contribution in [-0.4, -0.2) is 19.1 Å². The molecule has 0 bridgehead atoms. The van der Waals surface area contributed by atoms with Crippen molar-refractivity contribution >= 4 is 43.6 Å². The molecule has 0 saturated carbocycles. The van der Waals surface area contributed by atoms with E-state index in [-0.39, 0.29) is 0 Å². The minimum absolute atomic E-state index is 0.690. The summed E-state index contributed by atoms with van der Waals surface area (Å²) in [6, 6.07) is 73.1. The average Bonchev–Trinajstić information content (AvgIpc) is 3.80. The summed E-state index contributed by atoms with van der Waals surface area (Å²) < 4.78 is 4.87. The lowest BCUT2D eigenvalue weighted by atomic mass is 10.0. The van der Waals surface area contributed by atoms with Gasteiger partial charge in [-0.1, -0.05) is 158 Å². The number of nitrogens with zero attached hydrogens (tertiary/aromatic N) is 4. The summed E-state index contributed by atoms with van der Waals surface area (Å²) in [6.45, 7) is 0. The highest BCUT2D eigenvalue weighted by molar-refractivity contribution is 6.23. The summed E-state index contributed by atoms with van der Waals surface area (Å²) in [5, 5.41) is 4.89. The zero-order valence-corrected chi connectivity index (χ0v) is 30.4. The molecule has 8 aromatic carbocycles. The zero-order valence-electron chi connectivity index (χ0n) is 30.4. The topological polar surface area (TPSA) is 35.6 Å². The quantitative estimate of drug-likeness (QED) is 0.172. The number of rotatable bonds is 6. The molecule has 4 nitrogen and oxygen atoms in total. The van der Waals surface area contributed by atoms with Crippen LogP contribution in [0.3, 0.4) is 0 Å². The SMILES string of the molecule is c1ccc(-c2cccc(-c3nc(-c4ccccc4)cc(-c4cccc(-n5c6ccccc6c6ccc7c8ccccc8n(-c8ccccc8)c7c65)c4)n3)c2)cc1. The Morgan fingerprint density at radius 3 is 1.41 bits per heavy atom. The Labute approximate surface area is 324 Å². The largest absolute Gasteiger partial charge is 0.307 e. The van der Waals surface area contributed by atoms with E-state index in [1.165, 1.54) is 38.1 Å². The first kappa shape index (κ1) is 31.9. The highest BCUT2D eigenvalue weighted by Crippen LogP contribution is 2.42. The molecule has 0 radical (unpaired) electrons. The molecule has 0 atom stereocenters. The van der Waals surface area contributed by atoms with Crippen LogP contribution < -0.4 is 0 Å². The van der Waals surface area contributed by atoms with E-state index in [1.807, 2.05) is 12.1 Å². The average molecular weight is 715 g/mol. The molecule has 262 valence electrons. The summed E-state index contributed by atoms with van der Waals surface area (Å²) in [7, 11) is 0. The molecule has 0 spiro atoms.